The second-order valence-electron chi connectivity index (χ2n) is 8.97. The second-order valence-corrected chi connectivity index (χ2v) is 10.8. The quantitative estimate of drug-likeness (QED) is 0.526. The van der Waals surface area contributed by atoms with Crippen molar-refractivity contribution in [2.24, 2.45) is 0 Å². The number of rotatable bonds is 10. The summed E-state index contributed by atoms with van der Waals surface area (Å²) in [7, 11) is -3.88. The number of benzene rings is 2. The van der Waals surface area contributed by atoms with Gasteiger partial charge in [0.05, 0.1) is 10.6 Å². The molecular weight excluding hydrogens is 434 g/mol. The summed E-state index contributed by atoms with van der Waals surface area (Å²) in [6.45, 7) is 8.46. The molecule has 7 heteroatoms. The Hall–Kier alpha value is -2.38. The first kappa shape index (κ1) is 25.2. The standard InChI is InChI=1S/C26H37N3O3S/c1-4-23-11-8-9-15-28(23)16-10-14-27-26(30)20-29(24-18-21(2)17-22(3)19-24)33(31,32)25-12-6-5-7-13-25/h5-7,12-13,17-19,23H,4,8-11,14-16,20H2,1-3H3,(H,27,30). The van der Waals surface area contributed by atoms with Gasteiger partial charge in [-0.05, 0) is 81.5 Å². The predicted molar refractivity (Wildman–Crippen MR) is 134 cm³/mol. The molecule has 1 aliphatic heterocycles. The first-order valence-electron chi connectivity index (χ1n) is 12.0. The molecule has 1 unspecified atom stereocenters. The Bertz CT molecular complexity index is 1000. The first-order valence-corrected chi connectivity index (χ1v) is 13.4. The van der Waals surface area contributed by atoms with Gasteiger partial charge in [-0.25, -0.2) is 8.42 Å². The van der Waals surface area contributed by atoms with Crippen molar-refractivity contribution in [2.75, 3.05) is 30.5 Å². The van der Waals surface area contributed by atoms with Crippen molar-refractivity contribution in [2.45, 2.75) is 63.8 Å². The molecule has 33 heavy (non-hydrogen) atoms. The Kier molecular flexibility index (Phi) is 8.92. The van der Waals surface area contributed by atoms with Crippen LogP contribution in [0.1, 0.15) is 50.2 Å². The van der Waals surface area contributed by atoms with Gasteiger partial charge in [0.15, 0.2) is 0 Å². The van der Waals surface area contributed by atoms with Crippen molar-refractivity contribution in [1.29, 1.82) is 0 Å². The van der Waals surface area contributed by atoms with E-state index in [1.165, 1.54) is 23.6 Å². The molecular formula is C26H37N3O3S. The fraction of sp³-hybridized carbons (Fsp3) is 0.500. The molecule has 0 radical (unpaired) electrons. The van der Waals surface area contributed by atoms with Crippen molar-refractivity contribution >= 4 is 21.6 Å². The van der Waals surface area contributed by atoms with Gasteiger partial charge in [-0.2, -0.15) is 0 Å². The molecule has 1 heterocycles. The monoisotopic (exact) mass is 471 g/mol. The van der Waals surface area contributed by atoms with Gasteiger partial charge in [0.1, 0.15) is 6.54 Å². The molecule has 0 bridgehead atoms. The van der Waals surface area contributed by atoms with Gasteiger partial charge in [0.25, 0.3) is 10.0 Å². The summed E-state index contributed by atoms with van der Waals surface area (Å²) in [5.41, 5.74) is 2.40. The number of aryl methyl sites for hydroxylation is 2. The molecule has 1 atom stereocenters. The Labute approximate surface area is 199 Å². The summed E-state index contributed by atoms with van der Waals surface area (Å²) in [5.74, 6) is -0.292. The third-order valence-corrected chi connectivity index (χ3v) is 8.07. The minimum Gasteiger partial charge on any atom is -0.354 e. The number of likely N-dealkylation sites (tertiary alicyclic amines) is 1. The van der Waals surface area contributed by atoms with E-state index >= 15 is 0 Å². The van der Waals surface area contributed by atoms with Crippen LogP contribution in [-0.4, -0.2) is 51.4 Å². The van der Waals surface area contributed by atoms with Gasteiger partial charge < -0.3 is 10.2 Å². The van der Waals surface area contributed by atoms with E-state index in [4.69, 9.17) is 0 Å². The van der Waals surface area contributed by atoms with Gasteiger partial charge in [0.2, 0.25) is 5.91 Å². The van der Waals surface area contributed by atoms with Crippen molar-refractivity contribution in [3.63, 3.8) is 0 Å². The molecule has 0 spiro atoms. The van der Waals surface area contributed by atoms with Gasteiger partial charge in [-0.3, -0.25) is 9.10 Å². The van der Waals surface area contributed by atoms with E-state index in [2.05, 4.69) is 17.1 Å². The van der Waals surface area contributed by atoms with Gasteiger partial charge in [-0.1, -0.05) is 37.6 Å². The number of piperidine rings is 1. The highest BCUT2D eigenvalue weighted by atomic mass is 32.2. The number of carbonyl (C=O) groups excluding carboxylic acids is 1. The molecule has 6 nitrogen and oxygen atoms in total. The summed E-state index contributed by atoms with van der Waals surface area (Å²) in [6, 6.07) is 14.5. The summed E-state index contributed by atoms with van der Waals surface area (Å²) >= 11 is 0. The third kappa shape index (κ3) is 6.81. The lowest BCUT2D eigenvalue weighted by Gasteiger charge is -2.35. The molecule has 0 aliphatic carbocycles. The van der Waals surface area contributed by atoms with Crippen molar-refractivity contribution in [3.05, 3.63) is 59.7 Å². The maximum absolute atomic E-state index is 13.4. The number of sulfonamides is 1. The minimum atomic E-state index is -3.88. The topological polar surface area (TPSA) is 69.7 Å². The fourth-order valence-corrected chi connectivity index (χ4v) is 6.07. The molecule has 180 valence electrons. The molecule has 1 amide bonds. The molecule has 0 aromatic heterocycles. The van der Waals surface area contributed by atoms with Crippen LogP contribution in [-0.2, 0) is 14.8 Å². The Balaban J connectivity index is 1.68. The molecule has 1 N–H and O–H groups in total. The van der Waals surface area contributed by atoms with Crippen LogP contribution in [0, 0.1) is 13.8 Å². The lowest BCUT2D eigenvalue weighted by atomic mass is 10.00. The average Bonchev–Trinajstić information content (AvgIpc) is 2.80. The van der Waals surface area contributed by atoms with E-state index in [0.29, 0.717) is 18.3 Å². The summed E-state index contributed by atoms with van der Waals surface area (Å²) in [5, 5.41) is 2.94. The summed E-state index contributed by atoms with van der Waals surface area (Å²) in [4.78, 5) is 15.5. The zero-order valence-corrected chi connectivity index (χ0v) is 20.9. The minimum absolute atomic E-state index is 0.174. The zero-order chi connectivity index (χ0) is 23.8. The van der Waals surface area contributed by atoms with Crippen LogP contribution in [0.3, 0.4) is 0 Å². The number of amides is 1. The highest BCUT2D eigenvalue weighted by Gasteiger charge is 2.27. The van der Waals surface area contributed by atoms with E-state index in [1.807, 2.05) is 32.0 Å². The van der Waals surface area contributed by atoms with E-state index < -0.39 is 10.0 Å². The number of nitrogens with zero attached hydrogens (tertiary/aromatic N) is 2. The second kappa shape index (κ2) is 11.7. The Morgan fingerprint density at radius 1 is 1.09 bits per heavy atom. The summed E-state index contributed by atoms with van der Waals surface area (Å²) < 4.78 is 28.1. The van der Waals surface area contributed by atoms with Crippen LogP contribution in [0.5, 0.6) is 0 Å². The first-order chi connectivity index (χ1) is 15.8. The van der Waals surface area contributed by atoms with Gasteiger partial charge >= 0.3 is 0 Å². The molecule has 1 fully saturated rings. The van der Waals surface area contributed by atoms with Crippen molar-refractivity contribution in [3.8, 4) is 0 Å². The lowest BCUT2D eigenvalue weighted by Crippen LogP contribution is -2.43. The predicted octanol–water partition coefficient (Wildman–Crippen LogP) is 4.27. The molecule has 1 aliphatic rings. The highest BCUT2D eigenvalue weighted by molar-refractivity contribution is 7.92. The van der Waals surface area contributed by atoms with E-state index in [9.17, 15) is 13.2 Å². The van der Waals surface area contributed by atoms with E-state index in [1.54, 1.807) is 30.3 Å². The highest BCUT2D eigenvalue weighted by Crippen LogP contribution is 2.26. The molecule has 1 saturated heterocycles. The molecule has 3 rings (SSSR count). The van der Waals surface area contributed by atoms with Crippen molar-refractivity contribution in [1.82, 2.24) is 10.2 Å². The lowest BCUT2D eigenvalue weighted by molar-refractivity contribution is -0.119. The van der Waals surface area contributed by atoms with Crippen LogP contribution >= 0.6 is 0 Å². The van der Waals surface area contributed by atoms with Crippen LogP contribution in [0.25, 0.3) is 0 Å². The molecule has 0 saturated carbocycles. The number of hydrogen-bond donors (Lipinski definition) is 1. The number of anilines is 1. The number of carbonyl (C=O) groups is 1. The summed E-state index contributed by atoms with van der Waals surface area (Å²) in [6.07, 6.45) is 5.82. The SMILES string of the molecule is CCC1CCCCN1CCCNC(=O)CN(c1cc(C)cc(C)c1)S(=O)(=O)c1ccccc1. The molecule has 2 aromatic rings. The smallest absolute Gasteiger partial charge is 0.264 e. The maximum Gasteiger partial charge on any atom is 0.264 e. The third-order valence-electron chi connectivity index (χ3n) is 6.28. The number of hydrogen-bond acceptors (Lipinski definition) is 4. The fourth-order valence-electron chi connectivity index (χ4n) is 4.64. The Morgan fingerprint density at radius 3 is 2.45 bits per heavy atom. The van der Waals surface area contributed by atoms with E-state index in [-0.39, 0.29) is 17.3 Å². The van der Waals surface area contributed by atoms with Gasteiger partial charge in [-0.15, -0.1) is 0 Å². The van der Waals surface area contributed by atoms with Crippen molar-refractivity contribution < 1.29 is 13.2 Å². The largest absolute Gasteiger partial charge is 0.354 e. The van der Waals surface area contributed by atoms with Crippen LogP contribution in [0.4, 0.5) is 5.69 Å². The maximum atomic E-state index is 13.4. The Morgan fingerprint density at radius 2 is 1.79 bits per heavy atom. The molecule has 2 aromatic carbocycles. The van der Waals surface area contributed by atoms with Crippen LogP contribution in [0.2, 0.25) is 0 Å². The average molecular weight is 472 g/mol. The van der Waals surface area contributed by atoms with Gasteiger partial charge in [0, 0.05) is 19.1 Å². The van der Waals surface area contributed by atoms with Crippen LogP contribution in [0.15, 0.2) is 53.4 Å². The number of nitrogens with one attached hydrogen (secondary N) is 1. The van der Waals surface area contributed by atoms with Crippen LogP contribution < -0.4 is 9.62 Å². The van der Waals surface area contributed by atoms with E-state index in [0.717, 1.165) is 37.1 Å². The zero-order valence-electron chi connectivity index (χ0n) is 20.1. The normalized spacial score (nSPS) is 17.0.